The van der Waals surface area contributed by atoms with Gasteiger partial charge in [0.05, 0.1) is 10.9 Å². The van der Waals surface area contributed by atoms with Crippen molar-refractivity contribution < 1.29 is 4.74 Å². The van der Waals surface area contributed by atoms with E-state index in [0.717, 1.165) is 16.8 Å². The van der Waals surface area contributed by atoms with Crippen LogP contribution in [-0.2, 0) is 6.61 Å². The molecule has 0 atom stereocenters. The third kappa shape index (κ3) is 2.00. The molecule has 0 bridgehead atoms. The Kier molecular flexibility index (Phi) is 2.61. The molecule has 0 unspecified atom stereocenters. The lowest BCUT2D eigenvalue weighted by Crippen LogP contribution is -1.97. The smallest absolute Gasteiger partial charge is 0.271 e. The molecule has 2 aromatic carbocycles. The van der Waals surface area contributed by atoms with Crippen molar-refractivity contribution in [3.8, 4) is 5.75 Å². The highest BCUT2D eigenvalue weighted by Crippen LogP contribution is 2.17. The number of hydrogen-bond acceptors (Lipinski definition) is 2. The van der Waals surface area contributed by atoms with Crippen LogP contribution in [0.4, 0.5) is 0 Å². The van der Waals surface area contributed by atoms with Gasteiger partial charge < -0.3 is 4.74 Å². The number of benzene rings is 2. The van der Waals surface area contributed by atoms with Gasteiger partial charge in [-0.2, -0.15) is 0 Å². The van der Waals surface area contributed by atoms with E-state index in [0.29, 0.717) is 12.0 Å². The Bertz CT molecular complexity index is 713. The van der Waals surface area contributed by atoms with E-state index in [1.54, 1.807) is 12.1 Å². The van der Waals surface area contributed by atoms with Crippen LogP contribution < -0.4 is 10.3 Å². The average molecular weight is 240 g/mol. The molecule has 0 amide bonds. The fraction of sp³-hybridized carbons (Fsp3) is 0.0714. The first kappa shape index (κ1) is 10.7. The molecule has 0 aliphatic heterocycles. The normalized spacial score (nSPS) is 10.7. The number of ether oxygens (including phenoxy) is 1. The minimum atomic E-state index is -0.111. The van der Waals surface area contributed by atoms with Crippen LogP contribution in [0, 0.1) is 0 Å². The molecule has 0 aliphatic rings. The van der Waals surface area contributed by atoms with Crippen LogP contribution in [0.3, 0.4) is 0 Å². The molecule has 1 heterocycles. The maximum atomic E-state index is 11.3. The van der Waals surface area contributed by atoms with E-state index in [-0.39, 0.29) is 5.56 Å². The van der Waals surface area contributed by atoms with Crippen molar-refractivity contribution in [1.82, 2.24) is 10.2 Å². The van der Waals surface area contributed by atoms with E-state index in [9.17, 15) is 4.79 Å². The van der Waals surface area contributed by atoms with Crippen LogP contribution in [0.1, 0.15) is 5.56 Å². The molecule has 3 aromatic rings. The van der Waals surface area contributed by atoms with Gasteiger partial charge in [-0.25, -0.2) is 0 Å². The number of nitrogens with one attached hydrogen (secondary N) is 2. The predicted octanol–water partition coefficient (Wildman–Crippen LogP) is 2.44. The lowest BCUT2D eigenvalue weighted by Gasteiger charge is -2.05. The van der Waals surface area contributed by atoms with E-state index in [1.165, 1.54) is 0 Å². The maximum Gasteiger partial charge on any atom is 0.271 e. The van der Waals surface area contributed by atoms with Gasteiger partial charge in [0, 0.05) is 6.07 Å². The molecule has 4 heteroatoms. The Morgan fingerprint density at radius 2 is 1.83 bits per heavy atom. The summed E-state index contributed by atoms with van der Waals surface area (Å²) in [6, 6.07) is 15.3. The van der Waals surface area contributed by atoms with E-state index in [2.05, 4.69) is 10.2 Å². The molecule has 90 valence electrons. The topological polar surface area (TPSA) is 57.9 Å². The van der Waals surface area contributed by atoms with E-state index in [1.807, 2.05) is 36.4 Å². The number of H-pyrrole nitrogens is 2. The summed E-state index contributed by atoms with van der Waals surface area (Å²) in [6.45, 7) is 0.515. The molecule has 3 rings (SSSR count). The highest BCUT2D eigenvalue weighted by Gasteiger charge is 2.02. The Labute approximate surface area is 103 Å². The average Bonchev–Trinajstić information content (AvgIpc) is 2.79. The van der Waals surface area contributed by atoms with Crippen molar-refractivity contribution in [3.63, 3.8) is 0 Å². The quantitative estimate of drug-likeness (QED) is 0.738. The second kappa shape index (κ2) is 4.41. The SMILES string of the molecule is O=c1[nH][nH]c2cc(OCc3ccccc3)ccc12. The molecule has 0 fully saturated rings. The zero-order valence-corrected chi connectivity index (χ0v) is 9.64. The Hall–Kier alpha value is -2.49. The molecule has 1 aromatic heterocycles. The van der Waals surface area contributed by atoms with Gasteiger partial charge >= 0.3 is 0 Å². The van der Waals surface area contributed by atoms with Gasteiger partial charge in [0.2, 0.25) is 0 Å². The molecule has 4 nitrogen and oxygen atoms in total. The van der Waals surface area contributed by atoms with Gasteiger partial charge in [0.1, 0.15) is 12.4 Å². The van der Waals surface area contributed by atoms with Crippen LogP contribution >= 0.6 is 0 Å². The van der Waals surface area contributed by atoms with Crippen molar-refractivity contribution in [2.75, 3.05) is 0 Å². The minimum Gasteiger partial charge on any atom is -0.489 e. The summed E-state index contributed by atoms with van der Waals surface area (Å²) < 4.78 is 5.67. The molecular weight excluding hydrogens is 228 g/mol. The maximum absolute atomic E-state index is 11.3. The van der Waals surface area contributed by atoms with E-state index >= 15 is 0 Å². The van der Waals surface area contributed by atoms with Crippen molar-refractivity contribution in [2.24, 2.45) is 0 Å². The molecule has 18 heavy (non-hydrogen) atoms. The number of rotatable bonds is 3. The van der Waals surface area contributed by atoms with Gasteiger partial charge in [-0.15, -0.1) is 0 Å². The third-order valence-corrected chi connectivity index (χ3v) is 2.79. The summed E-state index contributed by atoms with van der Waals surface area (Å²) in [5, 5.41) is 5.99. The first-order chi connectivity index (χ1) is 8.83. The Balaban J connectivity index is 1.81. The number of fused-ring (bicyclic) bond motifs is 1. The minimum absolute atomic E-state index is 0.111. The summed E-state index contributed by atoms with van der Waals surface area (Å²) >= 11 is 0. The van der Waals surface area contributed by atoms with Crippen LogP contribution in [0.15, 0.2) is 53.3 Å². The predicted molar refractivity (Wildman–Crippen MR) is 69.7 cm³/mol. The first-order valence-electron chi connectivity index (χ1n) is 5.70. The molecular formula is C14H12N2O2. The Morgan fingerprint density at radius 3 is 2.67 bits per heavy atom. The zero-order chi connectivity index (χ0) is 12.4. The summed E-state index contributed by atoms with van der Waals surface area (Å²) in [5.74, 6) is 0.738. The molecule has 0 saturated carbocycles. The first-order valence-corrected chi connectivity index (χ1v) is 5.70. The zero-order valence-electron chi connectivity index (χ0n) is 9.64. The highest BCUT2D eigenvalue weighted by atomic mass is 16.5. The second-order valence-corrected chi connectivity index (χ2v) is 4.06. The van der Waals surface area contributed by atoms with Gasteiger partial charge in [-0.3, -0.25) is 15.0 Å². The lowest BCUT2D eigenvalue weighted by molar-refractivity contribution is 0.306. The number of aromatic amines is 2. The van der Waals surface area contributed by atoms with E-state index < -0.39 is 0 Å². The van der Waals surface area contributed by atoms with Crippen LogP contribution in [0.5, 0.6) is 5.75 Å². The van der Waals surface area contributed by atoms with E-state index in [4.69, 9.17) is 4.74 Å². The van der Waals surface area contributed by atoms with Gasteiger partial charge in [-0.1, -0.05) is 30.3 Å². The second-order valence-electron chi connectivity index (χ2n) is 4.06. The van der Waals surface area contributed by atoms with Gasteiger partial charge in [0.25, 0.3) is 5.56 Å². The summed E-state index contributed by atoms with van der Waals surface area (Å²) in [7, 11) is 0. The molecule has 2 N–H and O–H groups in total. The van der Waals surface area contributed by atoms with Crippen LogP contribution in [-0.4, -0.2) is 10.2 Å². The standard InChI is InChI=1S/C14H12N2O2/c17-14-12-7-6-11(8-13(12)15-16-14)18-9-10-4-2-1-3-5-10/h1-8H,9H2,(H2,15,16,17). The fourth-order valence-electron chi connectivity index (χ4n) is 1.85. The molecule has 0 spiro atoms. The van der Waals surface area contributed by atoms with Crippen molar-refractivity contribution in [2.45, 2.75) is 6.61 Å². The van der Waals surface area contributed by atoms with Crippen molar-refractivity contribution in [1.29, 1.82) is 0 Å². The fourth-order valence-corrected chi connectivity index (χ4v) is 1.85. The Morgan fingerprint density at radius 1 is 1.00 bits per heavy atom. The summed E-state index contributed by atoms with van der Waals surface area (Å²) in [6.07, 6.45) is 0. The summed E-state index contributed by atoms with van der Waals surface area (Å²) in [5.41, 5.74) is 1.75. The third-order valence-electron chi connectivity index (χ3n) is 2.79. The molecule has 0 radical (unpaired) electrons. The highest BCUT2D eigenvalue weighted by molar-refractivity contribution is 5.79. The molecule has 0 aliphatic carbocycles. The van der Waals surface area contributed by atoms with Crippen molar-refractivity contribution in [3.05, 3.63) is 64.4 Å². The van der Waals surface area contributed by atoms with Gasteiger partial charge in [0.15, 0.2) is 0 Å². The summed E-state index contributed by atoms with van der Waals surface area (Å²) in [4.78, 5) is 11.3. The largest absolute Gasteiger partial charge is 0.489 e. The molecule has 0 saturated heterocycles. The number of hydrogen-bond donors (Lipinski definition) is 2. The van der Waals surface area contributed by atoms with Crippen LogP contribution in [0.2, 0.25) is 0 Å². The van der Waals surface area contributed by atoms with Crippen molar-refractivity contribution >= 4 is 10.9 Å². The lowest BCUT2D eigenvalue weighted by atomic mass is 10.2. The number of aromatic nitrogens is 2. The van der Waals surface area contributed by atoms with Crippen LogP contribution in [0.25, 0.3) is 10.9 Å². The van der Waals surface area contributed by atoms with Gasteiger partial charge in [-0.05, 0) is 17.7 Å². The monoisotopic (exact) mass is 240 g/mol.